The van der Waals surface area contributed by atoms with Crippen molar-refractivity contribution in [3.63, 3.8) is 0 Å². The Labute approximate surface area is 84.3 Å². The minimum atomic E-state index is -0.314. The molecule has 0 N–H and O–H groups in total. The van der Waals surface area contributed by atoms with Crippen molar-refractivity contribution < 1.29 is 9.53 Å². The number of carbonyl (C=O) groups is 1. The van der Waals surface area contributed by atoms with Gasteiger partial charge >= 0.3 is 6.09 Å². The van der Waals surface area contributed by atoms with Crippen molar-refractivity contribution in [2.45, 2.75) is 13.5 Å². The number of benzene rings is 1. The predicted molar refractivity (Wildman–Crippen MR) is 55.1 cm³/mol. The monoisotopic (exact) mass is 193 g/mol. The van der Waals surface area contributed by atoms with Crippen molar-refractivity contribution >= 4 is 6.09 Å². The van der Waals surface area contributed by atoms with Crippen LogP contribution in [0, 0.1) is 6.92 Å². The minimum Gasteiger partial charge on any atom is -0.453 e. The summed E-state index contributed by atoms with van der Waals surface area (Å²) in [4.78, 5) is 12.6. The lowest BCUT2D eigenvalue weighted by molar-refractivity contribution is 0.131. The molecule has 0 aliphatic heterocycles. The van der Waals surface area contributed by atoms with Gasteiger partial charge in [-0.2, -0.15) is 0 Å². The highest BCUT2D eigenvalue weighted by Crippen LogP contribution is 2.06. The Kier molecular flexibility index (Phi) is 3.51. The fourth-order valence-corrected chi connectivity index (χ4v) is 1.19. The molecule has 1 aromatic carbocycles. The molecule has 0 bridgehead atoms. The second-order valence-corrected chi connectivity index (χ2v) is 3.31. The zero-order chi connectivity index (χ0) is 10.6. The number of carbonyl (C=O) groups excluding carboxylic acids is 1. The standard InChI is InChI=1S/C11H15NO2/c1-9-4-6-10(7-5-9)8-12(2)11(13)14-3/h4-7H,8H2,1-3H3. The molecule has 0 radical (unpaired) electrons. The molecule has 3 nitrogen and oxygen atoms in total. The summed E-state index contributed by atoms with van der Waals surface area (Å²) in [6, 6.07) is 8.07. The average Bonchev–Trinajstić information content (AvgIpc) is 2.20. The van der Waals surface area contributed by atoms with Crippen LogP contribution in [0.1, 0.15) is 11.1 Å². The number of rotatable bonds is 2. The Morgan fingerprint density at radius 2 is 1.93 bits per heavy atom. The minimum absolute atomic E-state index is 0.314. The van der Waals surface area contributed by atoms with Gasteiger partial charge in [-0.1, -0.05) is 29.8 Å². The lowest BCUT2D eigenvalue weighted by Crippen LogP contribution is -2.25. The molecule has 0 atom stereocenters. The van der Waals surface area contributed by atoms with Gasteiger partial charge in [-0.15, -0.1) is 0 Å². The summed E-state index contributed by atoms with van der Waals surface area (Å²) in [6.45, 7) is 2.61. The van der Waals surface area contributed by atoms with Gasteiger partial charge in [-0.3, -0.25) is 0 Å². The SMILES string of the molecule is COC(=O)N(C)Cc1ccc(C)cc1. The zero-order valence-electron chi connectivity index (χ0n) is 8.78. The quantitative estimate of drug-likeness (QED) is 0.720. The van der Waals surface area contributed by atoms with Crippen molar-refractivity contribution in [3.05, 3.63) is 35.4 Å². The van der Waals surface area contributed by atoms with E-state index in [0.29, 0.717) is 6.54 Å². The first-order valence-electron chi connectivity index (χ1n) is 4.48. The molecule has 0 aromatic heterocycles. The third kappa shape index (κ3) is 2.76. The van der Waals surface area contributed by atoms with Gasteiger partial charge in [0.25, 0.3) is 0 Å². The van der Waals surface area contributed by atoms with Crippen LogP contribution >= 0.6 is 0 Å². The van der Waals surface area contributed by atoms with Gasteiger partial charge < -0.3 is 9.64 Å². The summed E-state index contributed by atoms with van der Waals surface area (Å²) in [5.41, 5.74) is 2.32. The number of ether oxygens (including phenoxy) is 1. The van der Waals surface area contributed by atoms with Crippen LogP contribution in [0.25, 0.3) is 0 Å². The third-order valence-corrected chi connectivity index (χ3v) is 2.03. The second kappa shape index (κ2) is 4.65. The summed E-state index contributed by atoms with van der Waals surface area (Å²) in [5, 5.41) is 0. The topological polar surface area (TPSA) is 29.5 Å². The van der Waals surface area contributed by atoms with Gasteiger partial charge in [0.15, 0.2) is 0 Å². The van der Waals surface area contributed by atoms with Gasteiger partial charge in [-0.05, 0) is 12.5 Å². The third-order valence-electron chi connectivity index (χ3n) is 2.03. The molecule has 0 heterocycles. The Bertz CT molecular complexity index is 306. The van der Waals surface area contributed by atoms with Crippen LogP contribution in [-0.2, 0) is 11.3 Å². The number of hydrogen-bond donors (Lipinski definition) is 0. The molecule has 1 amide bonds. The summed E-state index contributed by atoms with van der Waals surface area (Å²) in [5.74, 6) is 0. The van der Waals surface area contributed by atoms with E-state index in [-0.39, 0.29) is 6.09 Å². The number of aryl methyl sites for hydroxylation is 1. The van der Waals surface area contributed by atoms with E-state index in [0.717, 1.165) is 5.56 Å². The Hall–Kier alpha value is -1.51. The smallest absolute Gasteiger partial charge is 0.409 e. The molecule has 0 unspecified atom stereocenters. The number of nitrogens with zero attached hydrogens (tertiary/aromatic N) is 1. The fourth-order valence-electron chi connectivity index (χ4n) is 1.19. The summed E-state index contributed by atoms with van der Waals surface area (Å²) in [7, 11) is 3.10. The van der Waals surface area contributed by atoms with E-state index in [9.17, 15) is 4.79 Å². The normalized spacial score (nSPS) is 9.64. The molecular formula is C11H15NO2. The molecule has 14 heavy (non-hydrogen) atoms. The van der Waals surface area contributed by atoms with E-state index in [2.05, 4.69) is 4.74 Å². The lowest BCUT2D eigenvalue weighted by Gasteiger charge is -2.15. The number of methoxy groups -OCH3 is 1. The molecular weight excluding hydrogens is 178 g/mol. The highest BCUT2D eigenvalue weighted by atomic mass is 16.5. The molecule has 0 aliphatic rings. The first kappa shape index (κ1) is 10.6. The maximum Gasteiger partial charge on any atom is 0.409 e. The highest BCUT2D eigenvalue weighted by Gasteiger charge is 2.07. The molecule has 0 aliphatic carbocycles. The maximum absolute atomic E-state index is 11.1. The summed E-state index contributed by atoms with van der Waals surface area (Å²) < 4.78 is 4.59. The Morgan fingerprint density at radius 1 is 1.36 bits per heavy atom. The maximum atomic E-state index is 11.1. The Balaban J connectivity index is 2.60. The molecule has 0 saturated carbocycles. The van der Waals surface area contributed by atoms with Crippen LogP contribution < -0.4 is 0 Å². The zero-order valence-corrected chi connectivity index (χ0v) is 8.78. The van der Waals surface area contributed by atoms with E-state index in [1.54, 1.807) is 7.05 Å². The van der Waals surface area contributed by atoms with Gasteiger partial charge in [0, 0.05) is 13.6 Å². The van der Waals surface area contributed by atoms with Gasteiger partial charge in [0.05, 0.1) is 7.11 Å². The van der Waals surface area contributed by atoms with Crippen LogP contribution in [-0.4, -0.2) is 25.2 Å². The first-order chi connectivity index (χ1) is 6.63. The van der Waals surface area contributed by atoms with Crippen LogP contribution in [0.15, 0.2) is 24.3 Å². The second-order valence-electron chi connectivity index (χ2n) is 3.31. The van der Waals surface area contributed by atoms with Gasteiger partial charge in [0.1, 0.15) is 0 Å². The fraction of sp³-hybridized carbons (Fsp3) is 0.364. The van der Waals surface area contributed by atoms with E-state index < -0.39 is 0 Å². The van der Waals surface area contributed by atoms with Crippen LogP contribution in [0.3, 0.4) is 0 Å². The van der Waals surface area contributed by atoms with Crippen molar-refractivity contribution in [3.8, 4) is 0 Å². The highest BCUT2D eigenvalue weighted by molar-refractivity contribution is 5.66. The lowest BCUT2D eigenvalue weighted by atomic mass is 10.1. The summed E-state index contributed by atoms with van der Waals surface area (Å²) >= 11 is 0. The van der Waals surface area contributed by atoms with Gasteiger partial charge in [0.2, 0.25) is 0 Å². The molecule has 3 heteroatoms. The molecule has 1 aromatic rings. The van der Waals surface area contributed by atoms with Gasteiger partial charge in [-0.25, -0.2) is 4.79 Å². The predicted octanol–water partition coefficient (Wildman–Crippen LogP) is 2.19. The van der Waals surface area contributed by atoms with Crippen molar-refractivity contribution in [1.29, 1.82) is 0 Å². The van der Waals surface area contributed by atoms with Crippen LogP contribution in [0.5, 0.6) is 0 Å². The number of amides is 1. The van der Waals surface area contributed by atoms with Crippen LogP contribution in [0.2, 0.25) is 0 Å². The van der Waals surface area contributed by atoms with Crippen LogP contribution in [0.4, 0.5) is 4.79 Å². The molecule has 76 valence electrons. The molecule has 0 saturated heterocycles. The molecule has 0 spiro atoms. The largest absolute Gasteiger partial charge is 0.453 e. The van der Waals surface area contributed by atoms with E-state index >= 15 is 0 Å². The average molecular weight is 193 g/mol. The molecule has 1 rings (SSSR count). The molecule has 0 fully saturated rings. The first-order valence-corrected chi connectivity index (χ1v) is 4.48. The van der Waals surface area contributed by atoms with Crippen molar-refractivity contribution in [1.82, 2.24) is 4.90 Å². The Morgan fingerprint density at radius 3 is 2.43 bits per heavy atom. The van der Waals surface area contributed by atoms with Crippen molar-refractivity contribution in [2.24, 2.45) is 0 Å². The van der Waals surface area contributed by atoms with E-state index in [1.807, 2.05) is 31.2 Å². The summed E-state index contributed by atoms with van der Waals surface area (Å²) in [6.07, 6.45) is -0.314. The number of hydrogen-bond acceptors (Lipinski definition) is 2. The van der Waals surface area contributed by atoms with Crippen molar-refractivity contribution in [2.75, 3.05) is 14.2 Å². The van der Waals surface area contributed by atoms with E-state index in [4.69, 9.17) is 0 Å². The van der Waals surface area contributed by atoms with E-state index in [1.165, 1.54) is 17.6 Å².